The number of aliphatic hydroxyl groups is 1. The third kappa shape index (κ3) is 6.39. The van der Waals surface area contributed by atoms with Crippen molar-refractivity contribution in [1.29, 1.82) is 0 Å². The third-order valence-electron chi connectivity index (χ3n) is 3.33. The lowest BCUT2D eigenvalue weighted by atomic mass is 10.0. The van der Waals surface area contributed by atoms with Crippen molar-refractivity contribution in [2.45, 2.75) is 6.42 Å². The minimum absolute atomic E-state index is 0. The monoisotopic (exact) mass is 422 g/mol. The molecule has 1 saturated heterocycles. The normalized spacial score (nSPS) is 17.2. The third-order valence-corrected chi connectivity index (χ3v) is 4.27. The van der Waals surface area contributed by atoms with Crippen LogP contribution in [0.3, 0.4) is 0 Å². The summed E-state index contributed by atoms with van der Waals surface area (Å²) in [4.78, 5) is 10.8. The van der Waals surface area contributed by atoms with E-state index in [0.717, 1.165) is 36.7 Å². The number of nitrogens with two attached hydrogens (primary N) is 1. The number of rotatable bonds is 5. The zero-order valence-corrected chi connectivity index (χ0v) is 15.2. The molecular weight excluding hydrogens is 399 g/mol. The van der Waals surface area contributed by atoms with Crippen LogP contribution >= 0.6 is 35.7 Å². The summed E-state index contributed by atoms with van der Waals surface area (Å²) in [5.74, 6) is 2.88. The van der Waals surface area contributed by atoms with Crippen LogP contribution in [0.15, 0.2) is 29.4 Å². The molecule has 1 aliphatic rings. The molecule has 2 heterocycles. The Kier molecular flexibility index (Phi) is 9.02. The Bertz CT molecular complexity index is 426. The van der Waals surface area contributed by atoms with Gasteiger partial charge in [0.05, 0.1) is 0 Å². The largest absolute Gasteiger partial charge is 0.396 e. The maximum absolute atomic E-state index is 9.46. The molecule has 0 aromatic carbocycles. The van der Waals surface area contributed by atoms with E-state index in [0.29, 0.717) is 12.5 Å². The molecule has 0 spiro atoms. The number of nitrogens with zero attached hydrogens (tertiary/aromatic N) is 3. The SMILES string of the molecule is I.NC(=NCC(CO)Cc1ccccn1)N1CCSCC1. The van der Waals surface area contributed by atoms with Crippen molar-refractivity contribution in [2.75, 3.05) is 37.7 Å². The fraction of sp³-hybridized carbons (Fsp3) is 0.571. The van der Waals surface area contributed by atoms with Crippen molar-refractivity contribution in [2.24, 2.45) is 16.6 Å². The summed E-state index contributed by atoms with van der Waals surface area (Å²) in [5.41, 5.74) is 7.00. The average Bonchev–Trinajstić information content (AvgIpc) is 2.53. The van der Waals surface area contributed by atoms with Crippen LogP contribution < -0.4 is 5.73 Å². The molecule has 0 saturated carbocycles. The molecule has 5 nitrogen and oxygen atoms in total. The highest BCUT2D eigenvalue weighted by Gasteiger charge is 2.14. The Balaban J connectivity index is 0.00000220. The fourth-order valence-electron chi connectivity index (χ4n) is 2.12. The van der Waals surface area contributed by atoms with Gasteiger partial charge in [-0.3, -0.25) is 9.98 Å². The average molecular weight is 422 g/mol. The van der Waals surface area contributed by atoms with E-state index in [4.69, 9.17) is 5.73 Å². The van der Waals surface area contributed by atoms with E-state index in [1.54, 1.807) is 6.20 Å². The summed E-state index contributed by atoms with van der Waals surface area (Å²) >= 11 is 1.95. The van der Waals surface area contributed by atoms with E-state index in [1.807, 2.05) is 30.0 Å². The van der Waals surface area contributed by atoms with E-state index in [-0.39, 0.29) is 36.5 Å². The lowest BCUT2D eigenvalue weighted by Gasteiger charge is -2.27. The summed E-state index contributed by atoms with van der Waals surface area (Å²) in [6.45, 7) is 2.57. The number of hydrogen-bond acceptors (Lipinski definition) is 4. The van der Waals surface area contributed by atoms with Crippen molar-refractivity contribution < 1.29 is 5.11 Å². The maximum Gasteiger partial charge on any atom is 0.191 e. The van der Waals surface area contributed by atoms with E-state index < -0.39 is 0 Å². The van der Waals surface area contributed by atoms with E-state index in [1.165, 1.54) is 0 Å². The molecule has 21 heavy (non-hydrogen) atoms. The van der Waals surface area contributed by atoms with Crippen molar-refractivity contribution in [1.82, 2.24) is 9.88 Å². The Morgan fingerprint density at radius 2 is 2.19 bits per heavy atom. The number of halogens is 1. The number of thioether (sulfide) groups is 1. The molecule has 0 aliphatic carbocycles. The molecule has 3 N–H and O–H groups in total. The minimum Gasteiger partial charge on any atom is -0.396 e. The minimum atomic E-state index is 0. The molecule has 7 heteroatoms. The molecule has 1 atom stereocenters. The number of aliphatic imine (C=N–C) groups is 1. The van der Waals surface area contributed by atoms with Gasteiger partial charge in [-0.05, 0) is 18.6 Å². The molecule has 0 amide bonds. The van der Waals surface area contributed by atoms with Crippen molar-refractivity contribution in [3.63, 3.8) is 0 Å². The van der Waals surface area contributed by atoms with E-state index in [9.17, 15) is 5.11 Å². The second-order valence-corrected chi connectivity index (χ2v) is 6.10. The summed E-state index contributed by atoms with van der Waals surface area (Å²) in [6, 6.07) is 5.82. The van der Waals surface area contributed by atoms with Crippen molar-refractivity contribution in [3.05, 3.63) is 30.1 Å². The number of hydrogen-bond donors (Lipinski definition) is 2. The lowest BCUT2D eigenvalue weighted by Crippen LogP contribution is -2.43. The van der Waals surface area contributed by atoms with Gasteiger partial charge in [-0.1, -0.05) is 6.07 Å². The predicted molar refractivity (Wildman–Crippen MR) is 99.3 cm³/mol. The van der Waals surface area contributed by atoms with Crippen LogP contribution in [0.1, 0.15) is 5.69 Å². The highest BCUT2D eigenvalue weighted by molar-refractivity contribution is 14.0. The van der Waals surface area contributed by atoms with Gasteiger partial charge in [0.15, 0.2) is 5.96 Å². The van der Waals surface area contributed by atoms with Crippen LogP contribution in [0, 0.1) is 5.92 Å². The zero-order chi connectivity index (χ0) is 14.2. The first-order chi connectivity index (χ1) is 9.79. The first-order valence-electron chi connectivity index (χ1n) is 6.93. The fourth-order valence-corrected chi connectivity index (χ4v) is 3.02. The molecule has 1 aromatic rings. The number of guanidine groups is 1. The predicted octanol–water partition coefficient (Wildman–Crippen LogP) is 1.21. The second kappa shape index (κ2) is 10.2. The highest BCUT2D eigenvalue weighted by atomic mass is 127. The molecule has 2 rings (SSSR count). The molecular formula is C14H23IN4OS. The zero-order valence-electron chi connectivity index (χ0n) is 12.0. The van der Waals surface area contributed by atoms with Gasteiger partial charge >= 0.3 is 0 Å². The Morgan fingerprint density at radius 3 is 2.81 bits per heavy atom. The van der Waals surface area contributed by atoms with Gasteiger partial charge < -0.3 is 15.7 Å². The van der Waals surface area contributed by atoms with Crippen molar-refractivity contribution in [3.8, 4) is 0 Å². The molecule has 0 bridgehead atoms. The molecule has 0 radical (unpaired) electrons. The summed E-state index contributed by atoms with van der Waals surface area (Å²) in [6.07, 6.45) is 2.50. The van der Waals surface area contributed by atoms with Crippen LogP contribution in [-0.4, -0.2) is 58.7 Å². The van der Waals surface area contributed by atoms with E-state index >= 15 is 0 Å². The Hall–Kier alpha value is -0.540. The van der Waals surface area contributed by atoms with Gasteiger partial charge in [-0.15, -0.1) is 24.0 Å². The summed E-state index contributed by atoms with van der Waals surface area (Å²) in [5, 5.41) is 9.46. The van der Waals surface area contributed by atoms with E-state index in [2.05, 4.69) is 14.9 Å². The second-order valence-electron chi connectivity index (χ2n) is 4.87. The Labute approximate surface area is 147 Å². The van der Waals surface area contributed by atoms with Crippen molar-refractivity contribution >= 4 is 41.7 Å². The standard InChI is InChI=1S/C14H22N4OS.HI/c15-14(18-5-7-20-8-6-18)17-10-12(11-19)9-13-3-1-2-4-16-13;/h1-4,12,19H,5-11H2,(H2,15,17);1H. The summed E-state index contributed by atoms with van der Waals surface area (Å²) < 4.78 is 0. The topological polar surface area (TPSA) is 74.7 Å². The lowest BCUT2D eigenvalue weighted by molar-refractivity contribution is 0.229. The molecule has 118 valence electrons. The molecule has 1 unspecified atom stereocenters. The van der Waals surface area contributed by atoms with Crippen LogP contribution in [0.2, 0.25) is 0 Å². The van der Waals surface area contributed by atoms with Crippen LogP contribution in [0.25, 0.3) is 0 Å². The quantitative estimate of drug-likeness (QED) is 0.424. The van der Waals surface area contributed by atoms with Gasteiger partial charge in [0.25, 0.3) is 0 Å². The van der Waals surface area contributed by atoms with Crippen LogP contribution in [-0.2, 0) is 6.42 Å². The molecule has 1 aliphatic heterocycles. The Morgan fingerprint density at radius 1 is 1.43 bits per heavy atom. The highest BCUT2D eigenvalue weighted by Crippen LogP contribution is 2.10. The van der Waals surface area contributed by atoms with Crippen LogP contribution in [0.4, 0.5) is 0 Å². The summed E-state index contributed by atoms with van der Waals surface area (Å²) in [7, 11) is 0. The molecule has 1 aromatic heterocycles. The number of aromatic nitrogens is 1. The van der Waals surface area contributed by atoms with Gasteiger partial charge in [-0.2, -0.15) is 11.8 Å². The maximum atomic E-state index is 9.46. The number of pyridine rings is 1. The van der Waals surface area contributed by atoms with Crippen LogP contribution in [0.5, 0.6) is 0 Å². The smallest absolute Gasteiger partial charge is 0.191 e. The van der Waals surface area contributed by atoms with Gasteiger partial charge in [0, 0.05) is 55.6 Å². The molecule has 1 fully saturated rings. The first kappa shape index (κ1) is 18.5. The first-order valence-corrected chi connectivity index (χ1v) is 8.08. The van der Waals surface area contributed by atoms with Gasteiger partial charge in [-0.25, -0.2) is 0 Å². The van der Waals surface area contributed by atoms with Gasteiger partial charge in [0.1, 0.15) is 0 Å². The van der Waals surface area contributed by atoms with Gasteiger partial charge in [0.2, 0.25) is 0 Å². The number of aliphatic hydroxyl groups excluding tert-OH is 1.